The first-order chi connectivity index (χ1) is 15.0. The van der Waals surface area contributed by atoms with Crippen LogP contribution in [0.1, 0.15) is 23.7 Å². The maximum Gasteiger partial charge on any atom is 0.343 e. The minimum atomic E-state index is -0.477. The minimum absolute atomic E-state index is 0.0308. The molecular formula is C19H22N4O5S3. The third-order valence-corrected chi connectivity index (χ3v) is 6.87. The van der Waals surface area contributed by atoms with Crippen LogP contribution < -0.4 is 11.0 Å². The van der Waals surface area contributed by atoms with E-state index in [4.69, 9.17) is 9.47 Å². The summed E-state index contributed by atoms with van der Waals surface area (Å²) >= 11 is 3.92. The number of esters is 1. The van der Waals surface area contributed by atoms with Gasteiger partial charge in [-0.25, -0.2) is 14.7 Å². The number of thiophene rings is 2. The van der Waals surface area contributed by atoms with Crippen LogP contribution in [0.4, 0.5) is 5.00 Å². The standard InChI is InChI=1S/C19H22N4O5S3/c1-3-28-17(25)15-12(13-6-4-9-29-13)10-30-16(15)20-14(24)11-31-19-22-21-18(26)23(19)7-5-8-27-2/h4,6,9-10H,3,5,7-8,11H2,1-2H3,(H,20,24)(H,21,26). The van der Waals surface area contributed by atoms with E-state index in [-0.39, 0.29) is 24.0 Å². The highest BCUT2D eigenvalue weighted by atomic mass is 32.2. The van der Waals surface area contributed by atoms with Crippen LogP contribution in [0, 0.1) is 0 Å². The summed E-state index contributed by atoms with van der Waals surface area (Å²) in [5.41, 5.74) is 0.757. The van der Waals surface area contributed by atoms with E-state index >= 15 is 0 Å². The Morgan fingerprint density at radius 1 is 1.35 bits per heavy atom. The molecule has 0 aliphatic rings. The first-order valence-electron chi connectivity index (χ1n) is 9.44. The number of nitrogens with zero attached hydrogens (tertiary/aromatic N) is 2. The largest absolute Gasteiger partial charge is 0.462 e. The number of H-pyrrole nitrogens is 1. The Balaban J connectivity index is 1.70. The highest BCUT2D eigenvalue weighted by Crippen LogP contribution is 2.38. The molecule has 0 unspecified atom stereocenters. The topological polar surface area (TPSA) is 115 Å². The Hall–Kier alpha value is -2.41. The van der Waals surface area contributed by atoms with Gasteiger partial charge in [0.05, 0.1) is 12.4 Å². The van der Waals surface area contributed by atoms with E-state index in [0.717, 1.165) is 22.2 Å². The molecule has 3 rings (SSSR count). The molecule has 3 heterocycles. The zero-order chi connectivity index (χ0) is 22.2. The van der Waals surface area contributed by atoms with Crippen LogP contribution in [0.3, 0.4) is 0 Å². The lowest BCUT2D eigenvalue weighted by Crippen LogP contribution is -2.20. The van der Waals surface area contributed by atoms with Gasteiger partial charge in [0.15, 0.2) is 5.16 Å². The van der Waals surface area contributed by atoms with E-state index in [1.807, 2.05) is 22.9 Å². The molecule has 0 atom stereocenters. The fraction of sp³-hybridized carbons (Fsp3) is 0.368. The Kier molecular flexibility index (Phi) is 8.46. The monoisotopic (exact) mass is 482 g/mol. The number of aromatic nitrogens is 3. The summed E-state index contributed by atoms with van der Waals surface area (Å²) in [6.45, 7) is 2.93. The van der Waals surface area contributed by atoms with E-state index < -0.39 is 5.97 Å². The van der Waals surface area contributed by atoms with Crippen LogP contribution in [0.5, 0.6) is 0 Å². The highest BCUT2D eigenvalue weighted by Gasteiger charge is 2.23. The second kappa shape index (κ2) is 11.3. The number of methoxy groups -OCH3 is 1. The van der Waals surface area contributed by atoms with Gasteiger partial charge in [0, 0.05) is 36.1 Å². The van der Waals surface area contributed by atoms with E-state index in [1.165, 1.54) is 27.2 Å². The Labute approximate surface area is 190 Å². The van der Waals surface area contributed by atoms with Crippen molar-refractivity contribution in [1.29, 1.82) is 0 Å². The van der Waals surface area contributed by atoms with Crippen LogP contribution in [0.25, 0.3) is 10.4 Å². The van der Waals surface area contributed by atoms with Crippen LogP contribution in [-0.2, 0) is 20.8 Å². The van der Waals surface area contributed by atoms with Crippen LogP contribution in [-0.4, -0.2) is 52.7 Å². The van der Waals surface area contributed by atoms with Gasteiger partial charge in [-0.2, -0.15) is 0 Å². The van der Waals surface area contributed by atoms with Crippen molar-refractivity contribution in [2.24, 2.45) is 0 Å². The number of anilines is 1. The van der Waals surface area contributed by atoms with Crippen molar-refractivity contribution in [1.82, 2.24) is 14.8 Å². The Bertz CT molecular complexity index is 1070. The molecule has 0 aromatic carbocycles. The smallest absolute Gasteiger partial charge is 0.343 e. The molecule has 0 radical (unpaired) electrons. The lowest BCUT2D eigenvalue weighted by Gasteiger charge is -2.08. The quantitative estimate of drug-likeness (QED) is 0.245. The number of ether oxygens (including phenoxy) is 2. The van der Waals surface area contributed by atoms with Crippen LogP contribution >= 0.6 is 34.4 Å². The second-order valence-corrected chi connectivity index (χ2v) is 8.97. The number of rotatable bonds is 11. The van der Waals surface area contributed by atoms with Crippen LogP contribution in [0.2, 0.25) is 0 Å². The van der Waals surface area contributed by atoms with Crippen molar-refractivity contribution in [3.05, 3.63) is 38.9 Å². The minimum Gasteiger partial charge on any atom is -0.462 e. The number of aromatic amines is 1. The summed E-state index contributed by atoms with van der Waals surface area (Å²) < 4.78 is 11.7. The number of hydrogen-bond donors (Lipinski definition) is 2. The van der Waals surface area contributed by atoms with Gasteiger partial charge in [-0.3, -0.25) is 9.36 Å². The molecule has 3 aromatic rings. The number of amides is 1. The molecule has 31 heavy (non-hydrogen) atoms. The average molecular weight is 483 g/mol. The number of carbonyl (C=O) groups excluding carboxylic acids is 2. The van der Waals surface area contributed by atoms with Gasteiger partial charge in [-0.15, -0.1) is 27.8 Å². The molecule has 0 saturated carbocycles. The van der Waals surface area contributed by atoms with Crippen molar-refractivity contribution in [3.63, 3.8) is 0 Å². The number of thioether (sulfide) groups is 1. The second-order valence-electron chi connectivity index (χ2n) is 6.20. The molecular weight excluding hydrogens is 460 g/mol. The summed E-state index contributed by atoms with van der Waals surface area (Å²) in [4.78, 5) is 37.9. The molecule has 12 heteroatoms. The van der Waals surface area contributed by atoms with Gasteiger partial charge in [-0.1, -0.05) is 17.8 Å². The third-order valence-electron chi connectivity index (χ3n) is 4.10. The molecule has 1 amide bonds. The van der Waals surface area contributed by atoms with E-state index in [9.17, 15) is 14.4 Å². The van der Waals surface area contributed by atoms with E-state index in [0.29, 0.717) is 35.3 Å². The molecule has 2 N–H and O–H groups in total. The molecule has 3 aromatic heterocycles. The van der Waals surface area contributed by atoms with Crippen molar-refractivity contribution in [2.75, 3.05) is 31.4 Å². The molecule has 0 aliphatic carbocycles. The van der Waals surface area contributed by atoms with Crippen molar-refractivity contribution in [2.45, 2.75) is 25.0 Å². The van der Waals surface area contributed by atoms with Crippen LogP contribution in [0.15, 0.2) is 32.8 Å². The molecule has 166 valence electrons. The first-order valence-corrected chi connectivity index (χ1v) is 12.2. The summed E-state index contributed by atoms with van der Waals surface area (Å²) in [5.74, 6) is -0.758. The van der Waals surface area contributed by atoms with Crippen molar-refractivity contribution >= 4 is 51.3 Å². The van der Waals surface area contributed by atoms with Gasteiger partial charge in [0.1, 0.15) is 10.6 Å². The molecule has 0 spiro atoms. The maximum atomic E-state index is 12.6. The highest BCUT2D eigenvalue weighted by molar-refractivity contribution is 7.99. The fourth-order valence-electron chi connectivity index (χ4n) is 2.74. The van der Waals surface area contributed by atoms with E-state index in [1.54, 1.807) is 14.0 Å². The number of hydrogen-bond acceptors (Lipinski definition) is 9. The molecule has 9 nitrogen and oxygen atoms in total. The zero-order valence-corrected chi connectivity index (χ0v) is 19.5. The van der Waals surface area contributed by atoms with Crippen molar-refractivity contribution in [3.8, 4) is 10.4 Å². The normalized spacial score (nSPS) is 10.9. The Morgan fingerprint density at radius 2 is 2.19 bits per heavy atom. The van der Waals surface area contributed by atoms with Gasteiger partial charge < -0.3 is 14.8 Å². The summed E-state index contributed by atoms with van der Waals surface area (Å²) in [7, 11) is 1.59. The first kappa shape index (κ1) is 23.3. The molecule has 0 aliphatic heterocycles. The summed E-state index contributed by atoms with van der Waals surface area (Å²) in [6.07, 6.45) is 0.652. The van der Waals surface area contributed by atoms with Crippen molar-refractivity contribution < 1.29 is 19.1 Å². The lowest BCUT2D eigenvalue weighted by atomic mass is 10.1. The lowest BCUT2D eigenvalue weighted by molar-refractivity contribution is -0.113. The average Bonchev–Trinajstić information content (AvgIpc) is 3.48. The van der Waals surface area contributed by atoms with Gasteiger partial charge in [-0.05, 0) is 24.8 Å². The predicted octanol–water partition coefficient (Wildman–Crippen LogP) is 3.31. The maximum absolute atomic E-state index is 12.6. The SMILES string of the molecule is CCOC(=O)c1c(-c2cccs2)csc1NC(=O)CSc1n[nH]c(=O)n1CCCOC. The molecule has 0 fully saturated rings. The van der Waals surface area contributed by atoms with Gasteiger partial charge in [0.25, 0.3) is 0 Å². The zero-order valence-electron chi connectivity index (χ0n) is 17.0. The van der Waals surface area contributed by atoms with E-state index in [2.05, 4.69) is 15.5 Å². The molecule has 0 saturated heterocycles. The third kappa shape index (κ3) is 5.85. The molecule has 0 bridgehead atoms. The number of nitrogens with one attached hydrogen (secondary N) is 2. The Morgan fingerprint density at radius 3 is 2.90 bits per heavy atom. The van der Waals surface area contributed by atoms with Gasteiger partial charge >= 0.3 is 11.7 Å². The predicted molar refractivity (Wildman–Crippen MR) is 122 cm³/mol. The fourth-order valence-corrected chi connectivity index (χ4v) is 5.30. The summed E-state index contributed by atoms with van der Waals surface area (Å²) in [6, 6.07) is 3.81. The number of carbonyl (C=O) groups is 2. The van der Waals surface area contributed by atoms with Gasteiger partial charge in [0.2, 0.25) is 5.91 Å². The summed E-state index contributed by atoms with van der Waals surface area (Å²) in [5, 5.41) is 13.8.